The molecule has 0 atom stereocenters. The number of hydrogen-bond acceptors (Lipinski definition) is 6. The van der Waals surface area contributed by atoms with E-state index in [0.717, 1.165) is 16.5 Å². The molecule has 4 N–H and O–H groups in total. The predicted molar refractivity (Wildman–Crippen MR) is 124 cm³/mol. The first-order chi connectivity index (χ1) is 15.3. The number of nitrogens with one attached hydrogen (secondary N) is 2. The van der Waals surface area contributed by atoms with Crippen molar-refractivity contribution in [2.75, 3.05) is 16.4 Å². The van der Waals surface area contributed by atoms with Gasteiger partial charge >= 0.3 is 6.03 Å². The summed E-state index contributed by atoms with van der Waals surface area (Å²) < 4.78 is 7.01. The number of carbonyl (C=O) groups is 1. The molecule has 2 amide bonds. The van der Waals surface area contributed by atoms with Crippen molar-refractivity contribution in [3.05, 3.63) is 48.6 Å². The van der Waals surface area contributed by atoms with E-state index in [-0.39, 0.29) is 5.41 Å². The number of amides is 2. The molecule has 0 saturated carbocycles. The van der Waals surface area contributed by atoms with E-state index in [4.69, 9.17) is 10.3 Å². The van der Waals surface area contributed by atoms with Crippen LogP contribution in [0.2, 0.25) is 0 Å². The minimum absolute atomic E-state index is 0.195. The highest BCUT2D eigenvalue weighted by Gasteiger charge is 2.20. The molecule has 0 saturated heterocycles. The molecule has 0 radical (unpaired) electrons. The van der Waals surface area contributed by atoms with Crippen LogP contribution in [0.3, 0.4) is 0 Å². The first-order valence-electron chi connectivity index (χ1n) is 9.96. The summed E-state index contributed by atoms with van der Waals surface area (Å²) in [5.41, 5.74) is 8.93. The standard InChI is InChI=1S/C23H23N7O2/c1-5-10-30-12-16(19-20(24)25-13-26-21(19)30)14-6-8-15(9-7-14)27-22(31)28-18-11-17(32-29-18)23(2,3)4/h6-9,11-13H,1-4H3,(H2,24,25,26)(H2,27,28,29,31). The molecule has 0 fully saturated rings. The lowest BCUT2D eigenvalue weighted by Gasteiger charge is -2.12. The van der Waals surface area contributed by atoms with Crippen molar-refractivity contribution < 1.29 is 9.32 Å². The van der Waals surface area contributed by atoms with Crippen LogP contribution in [0.5, 0.6) is 0 Å². The van der Waals surface area contributed by atoms with Crippen LogP contribution in [-0.2, 0) is 5.41 Å². The summed E-state index contributed by atoms with van der Waals surface area (Å²) in [5, 5.41) is 10.1. The van der Waals surface area contributed by atoms with Crippen molar-refractivity contribution in [2.24, 2.45) is 0 Å². The van der Waals surface area contributed by atoms with Crippen molar-refractivity contribution in [1.29, 1.82) is 0 Å². The van der Waals surface area contributed by atoms with Crippen molar-refractivity contribution in [1.82, 2.24) is 19.7 Å². The highest BCUT2D eigenvalue weighted by atomic mass is 16.5. The van der Waals surface area contributed by atoms with Gasteiger partial charge in [-0.1, -0.05) is 44.0 Å². The first-order valence-corrected chi connectivity index (χ1v) is 9.96. The lowest BCUT2D eigenvalue weighted by Crippen LogP contribution is -2.19. The Morgan fingerprint density at radius 1 is 1.16 bits per heavy atom. The average molecular weight is 429 g/mol. The average Bonchev–Trinajstić information content (AvgIpc) is 3.35. The minimum atomic E-state index is -0.418. The van der Waals surface area contributed by atoms with Gasteiger partial charge in [0, 0.05) is 35.0 Å². The largest absolute Gasteiger partial charge is 0.383 e. The fourth-order valence-corrected chi connectivity index (χ4v) is 3.21. The summed E-state index contributed by atoms with van der Waals surface area (Å²) >= 11 is 0. The smallest absolute Gasteiger partial charge is 0.324 e. The Morgan fingerprint density at radius 3 is 2.56 bits per heavy atom. The second-order valence-electron chi connectivity index (χ2n) is 8.21. The Labute approximate surface area is 185 Å². The summed E-state index contributed by atoms with van der Waals surface area (Å²) in [7, 11) is 0. The third-order valence-corrected chi connectivity index (χ3v) is 4.79. The third kappa shape index (κ3) is 4.11. The van der Waals surface area contributed by atoms with Gasteiger partial charge in [-0.25, -0.2) is 14.8 Å². The molecular weight excluding hydrogens is 406 g/mol. The van der Waals surface area contributed by atoms with Crippen molar-refractivity contribution >= 4 is 34.4 Å². The molecule has 0 aliphatic carbocycles. The lowest BCUT2D eigenvalue weighted by molar-refractivity contribution is 0.262. The van der Waals surface area contributed by atoms with Crippen LogP contribution < -0.4 is 16.4 Å². The van der Waals surface area contributed by atoms with E-state index in [9.17, 15) is 4.79 Å². The molecule has 0 spiro atoms. The minimum Gasteiger partial charge on any atom is -0.383 e. The molecule has 4 aromatic rings. The first kappa shape index (κ1) is 20.9. The van der Waals surface area contributed by atoms with Crippen LogP contribution >= 0.6 is 0 Å². The molecule has 0 bridgehead atoms. The zero-order valence-corrected chi connectivity index (χ0v) is 18.2. The number of hydrogen-bond donors (Lipinski definition) is 3. The van der Waals surface area contributed by atoms with Gasteiger partial charge in [0.1, 0.15) is 17.9 Å². The number of anilines is 3. The molecule has 162 valence electrons. The maximum Gasteiger partial charge on any atom is 0.324 e. The summed E-state index contributed by atoms with van der Waals surface area (Å²) in [4.78, 5) is 20.8. The van der Waals surface area contributed by atoms with Gasteiger partial charge in [0.25, 0.3) is 0 Å². The zero-order chi connectivity index (χ0) is 22.9. The Hall–Kier alpha value is -4.32. The van der Waals surface area contributed by atoms with Crippen LogP contribution in [0.25, 0.3) is 22.2 Å². The second kappa shape index (κ2) is 8.07. The summed E-state index contributed by atoms with van der Waals surface area (Å²) in [6, 6.07) is 11.6. The van der Waals surface area contributed by atoms with E-state index in [1.165, 1.54) is 6.33 Å². The van der Waals surface area contributed by atoms with Gasteiger partial charge in [0.2, 0.25) is 0 Å². The van der Waals surface area contributed by atoms with Crippen LogP contribution in [0, 0.1) is 12.0 Å². The van der Waals surface area contributed by atoms with E-state index in [2.05, 4.69) is 37.7 Å². The van der Waals surface area contributed by atoms with Crippen molar-refractivity contribution in [3.8, 4) is 23.1 Å². The van der Waals surface area contributed by atoms with Crippen LogP contribution in [-0.4, -0.2) is 25.7 Å². The number of fused-ring (bicyclic) bond motifs is 1. The molecule has 0 aliphatic rings. The number of carbonyl (C=O) groups excluding carboxylic acids is 1. The number of nitrogens with two attached hydrogens (primary N) is 1. The summed E-state index contributed by atoms with van der Waals surface area (Å²) in [6.45, 7) is 7.77. The van der Waals surface area contributed by atoms with Gasteiger partial charge in [-0.2, -0.15) is 0 Å². The number of nitrogens with zero attached hydrogens (tertiary/aromatic N) is 4. The second-order valence-corrected chi connectivity index (χ2v) is 8.21. The quantitative estimate of drug-likeness (QED) is 0.414. The van der Waals surface area contributed by atoms with Crippen molar-refractivity contribution in [3.63, 3.8) is 0 Å². The van der Waals surface area contributed by atoms with Gasteiger partial charge in [0.05, 0.1) is 5.39 Å². The zero-order valence-electron chi connectivity index (χ0n) is 18.2. The Balaban J connectivity index is 1.53. The molecule has 0 unspecified atom stereocenters. The topological polar surface area (TPSA) is 124 Å². The predicted octanol–water partition coefficient (Wildman–Crippen LogP) is 4.44. The molecule has 3 aromatic heterocycles. The van der Waals surface area contributed by atoms with Gasteiger partial charge in [-0.15, -0.1) is 0 Å². The lowest BCUT2D eigenvalue weighted by atomic mass is 9.93. The number of nitrogen functional groups attached to an aromatic ring is 1. The molecule has 9 nitrogen and oxygen atoms in total. The van der Waals surface area contributed by atoms with Crippen LogP contribution in [0.4, 0.5) is 22.1 Å². The maximum atomic E-state index is 12.3. The van der Waals surface area contributed by atoms with Crippen LogP contribution in [0.15, 0.2) is 47.4 Å². The van der Waals surface area contributed by atoms with Crippen molar-refractivity contribution in [2.45, 2.75) is 33.1 Å². The van der Waals surface area contributed by atoms with E-state index < -0.39 is 6.03 Å². The Kier molecular flexibility index (Phi) is 5.28. The van der Waals surface area contributed by atoms with Gasteiger partial charge in [0.15, 0.2) is 11.5 Å². The van der Waals surface area contributed by atoms with Crippen LogP contribution in [0.1, 0.15) is 33.5 Å². The van der Waals surface area contributed by atoms with Gasteiger partial charge in [-0.3, -0.25) is 9.88 Å². The third-order valence-electron chi connectivity index (χ3n) is 4.79. The summed E-state index contributed by atoms with van der Waals surface area (Å²) in [5.74, 6) is 4.28. The molecule has 32 heavy (non-hydrogen) atoms. The van der Waals surface area contributed by atoms with E-state index in [1.54, 1.807) is 29.7 Å². The highest BCUT2D eigenvalue weighted by Crippen LogP contribution is 2.33. The molecular formula is C23H23N7O2. The molecule has 9 heteroatoms. The van der Waals surface area contributed by atoms with E-state index in [1.807, 2.05) is 39.1 Å². The fourth-order valence-electron chi connectivity index (χ4n) is 3.21. The monoisotopic (exact) mass is 429 g/mol. The fraction of sp³-hybridized carbons (Fsp3) is 0.217. The van der Waals surface area contributed by atoms with E-state index in [0.29, 0.717) is 28.7 Å². The maximum absolute atomic E-state index is 12.3. The van der Waals surface area contributed by atoms with Gasteiger partial charge < -0.3 is 15.6 Å². The normalized spacial score (nSPS) is 11.1. The molecule has 1 aromatic carbocycles. The number of urea groups is 1. The van der Waals surface area contributed by atoms with E-state index >= 15 is 0 Å². The summed E-state index contributed by atoms with van der Waals surface area (Å²) in [6.07, 6.45) is 3.29. The number of benzene rings is 1. The number of rotatable bonds is 3. The molecule has 4 rings (SSSR count). The highest BCUT2D eigenvalue weighted by molar-refractivity contribution is 6.02. The Morgan fingerprint density at radius 2 is 1.91 bits per heavy atom. The molecule has 0 aliphatic heterocycles. The van der Waals surface area contributed by atoms with Gasteiger partial charge in [-0.05, 0) is 24.6 Å². The molecule has 3 heterocycles. The Bertz CT molecular complexity index is 1350. The SMILES string of the molecule is CC#Cn1cc(-c2ccc(NC(=O)Nc3cc(C(C)(C)C)on3)cc2)c2c(N)ncnc21. The number of aromatic nitrogens is 4.